The van der Waals surface area contributed by atoms with Crippen LogP contribution in [-0.2, 0) is 19.5 Å². The largest absolute Gasteiger partial charge is 0.346 e. The molecule has 0 spiro atoms. The number of hydrogen-bond donors (Lipinski definition) is 1. The van der Waals surface area contributed by atoms with Crippen molar-refractivity contribution >= 4 is 15.7 Å². The summed E-state index contributed by atoms with van der Waals surface area (Å²) in [6.07, 6.45) is 3.40. The molecule has 1 aromatic heterocycles. The van der Waals surface area contributed by atoms with E-state index in [0.29, 0.717) is 24.8 Å². The maximum absolute atomic E-state index is 12.6. The van der Waals surface area contributed by atoms with Gasteiger partial charge in [-0.25, -0.2) is 8.42 Å². The maximum Gasteiger partial charge on any atom is 0.261 e. The van der Waals surface area contributed by atoms with Crippen molar-refractivity contribution in [2.75, 3.05) is 17.9 Å². The molecule has 0 bridgehead atoms. The predicted molar refractivity (Wildman–Crippen MR) is 88.1 cm³/mol. The van der Waals surface area contributed by atoms with Crippen LogP contribution in [0.5, 0.6) is 0 Å². The molecule has 1 aliphatic heterocycles. The number of sulfonamides is 1. The minimum Gasteiger partial charge on any atom is -0.346 e. The van der Waals surface area contributed by atoms with Crippen LogP contribution >= 0.6 is 0 Å². The summed E-state index contributed by atoms with van der Waals surface area (Å²) in [6.45, 7) is 1.11. The highest BCUT2D eigenvalue weighted by Gasteiger charge is 2.29. The average Bonchev–Trinajstić information content (AvgIpc) is 3.29. The SMILES string of the molecule is O=S(=O)(Nc1cccnc1C1CC1)c1ccc(C2OCCO2)cc1. The fraction of sp³-hybridized carbons (Fsp3) is 0.353. The van der Waals surface area contributed by atoms with Crippen molar-refractivity contribution in [3.8, 4) is 0 Å². The van der Waals surface area contributed by atoms with Crippen LogP contribution in [0.4, 0.5) is 5.69 Å². The van der Waals surface area contributed by atoms with Crippen molar-refractivity contribution in [1.82, 2.24) is 4.98 Å². The molecule has 2 aliphatic rings. The van der Waals surface area contributed by atoms with Gasteiger partial charge in [0, 0.05) is 17.7 Å². The zero-order valence-corrected chi connectivity index (χ0v) is 13.8. The Kier molecular flexibility index (Phi) is 3.99. The summed E-state index contributed by atoms with van der Waals surface area (Å²) in [6, 6.07) is 10.1. The molecule has 1 aliphatic carbocycles. The van der Waals surface area contributed by atoms with E-state index in [9.17, 15) is 8.42 Å². The van der Waals surface area contributed by atoms with Crippen LogP contribution in [0.25, 0.3) is 0 Å². The average molecular weight is 346 g/mol. The zero-order valence-electron chi connectivity index (χ0n) is 13.0. The standard InChI is InChI=1S/C17H18N2O4S/c20-24(21,19-15-2-1-9-18-16(15)12-3-4-12)14-7-5-13(6-8-14)17-22-10-11-23-17/h1-2,5-9,12,17,19H,3-4,10-11H2. The molecular weight excluding hydrogens is 328 g/mol. The van der Waals surface area contributed by atoms with Crippen molar-refractivity contribution in [3.63, 3.8) is 0 Å². The highest BCUT2D eigenvalue weighted by molar-refractivity contribution is 7.92. The fourth-order valence-electron chi connectivity index (χ4n) is 2.74. The van der Waals surface area contributed by atoms with Gasteiger partial charge in [-0.2, -0.15) is 0 Å². The van der Waals surface area contributed by atoms with Gasteiger partial charge in [-0.15, -0.1) is 0 Å². The van der Waals surface area contributed by atoms with E-state index in [1.807, 2.05) is 0 Å². The van der Waals surface area contributed by atoms with Crippen molar-refractivity contribution < 1.29 is 17.9 Å². The zero-order chi connectivity index (χ0) is 16.6. The molecule has 126 valence electrons. The number of nitrogens with zero attached hydrogens (tertiary/aromatic N) is 1. The smallest absolute Gasteiger partial charge is 0.261 e. The lowest BCUT2D eigenvalue weighted by Gasteiger charge is -2.13. The molecule has 2 fully saturated rings. The van der Waals surface area contributed by atoms with Crippen LogP contribution in [0.1, 0.15) is 36.3 Å². The first-order chi connectivity index (χ1) is 11.6. The third kappa shape index (κ3) is 3.15. The Morgan fingerprint density at radius 1 is 1.04 bits per heavy atom. The third-order valence-electron chi connectivity index (χ3n) is 4.13. The monoisotopic (exact) mass is 346 g/mol. The number of ether oxygens (including phenoxy) is 2. The lowest BCUT2D eigenvalue weighted by atomic mass is 10.2. The second kappa shape index (κ2) is 6.16. The van der Waals surface area contributed by atoms with Gasteiger partial charge in [0.15, 0.2) is 6.29 Å². The van der Waals surface area contributed by atoms with Crippen LogP contribution in [-0.4, -0.2) is 26.6 Å². The van der Waals surface area contributed by atoms with Crippen LogP contribution < -0.4 is 4.72 Å². The molecule has 0 radical (unpaired) electrons. The molecule has 6 nitrogen and oxygen atoms in total. The van der Waals surface area contributed by atoms with Crippen LogP contribution in [0.2, 0.25) is 0 Å². The first-order valence-corrected chi connectivity index (χ1v) is 9.43. The fourth-order valence-corrected chi connectivity index (χ4v) is 3.82. The minimum atomic E-state index is -3.65. The summed E-state index contributed by atoms with van der Waals surface area (Å²) in [5.41, 5.74) is 2.20. The Morgan fingerprint density at radius 3 is 2.42 bits per heavy atom. The Labute approximate surface area is 140 Å². The molecule has 0 atom stereocenters. The van der Waals surface area contributed by atoms with Crippen molar-refractivity contribution in [2.24, 2.45) is 0 Å². The van der Waals surface area contributed by atoms with Gasteiger partial charge in [0.05, 0.1) is 29.5 Å². The van der Waals surface area contributed by atoms with Gasteiger partial charge in [0.1, 0.15) is 0 Å². The van der Waals surface area contributed by atoms with E-state index in [0.717, 1.165) is 24.1 Å². The molecule has 0 unspecified atom stereocenters. The molecule has 0 amide bonds. The Bertz CT molecular complexity index is 826. The molecule has 2 heterocycles. The Balaban J connectivity index is 1.56. The minimum absolute atomic E-state index is 0.204. The summed E-state index contributed by atoms with van der Waals surface area (Å²) in [4.78, 5) is 4.53. The molecular formula is C17H18N2O4S. The van der Waals surface area contributed by atoms with Crippen molar-refractivity contribution in [2.45, 2.75) is 29.9 Å². The van der Waals surface area contributed by atoms with E-state index in [4.69, 9.17) is 9.47 Å². The highest BCUT2D eigenvalue weighted by Crippen LogP contribution is 2.42. The van der Waals surface area contributed by atoms with E-state index in [1.54, 1.807) is 42.6 Å². The third-order valence-corrected chi connectivity index (χ3v) is 5.51. The molecule has 7 heteroatoms. The van der Waals surface area contributed by atoms with Gasteiger partial charge in [-0.3, -0.25) is 9.71 Å². The molecule has 4 rings (SSSR count). The lowest BCUT2D eigenvalue weighted by Crippen LogP contribution is -2.14. The van der Waals surface area contributed by atoms with Crippen molar-refractivity contribution in [1.29, 1.82) is 0 Å². The van der Waals surface area contributed by atoms with Crippen LogP contribution in [0.15, 0.2) is 47.5 Å². The first-order valence-electron chi connectivity index (χ1n) is 7.94. The lowest BCUT2D eigenvalue weighted by molar-refractivity contribution is -0.0441. The molecule has 1 N–H and O–H groups in total. The maximum atomic E-state index is 12.6. The van der Waals surface area contributed by atoms with Gasteiger partial charge in [-0.05, 0) is 37.1 Å². The van der Waals surface area contributed by atoms with Gasteiger partial charge in [-0.1, -0.05) is 12.1 Å². The molecule has 1 saturated carbocycles. The summed E-state index contributed by atoms with van der Waals surface area (Å²) in [7, 11) is -3.65. The van der Waals surface area contributed by atoms with E-state index < -0.39 is 16.3 Å². The molecule has 2 aromatic rings. The van der Waals surface area contributed by atoms with E-state index >= 15 is 0 Å². The summed E-state index contributed by atoms with van der Waals surface area (Å²) in [5.74, 6) is 0.364. The number of benzene rings is 1. The van der Waals surface area contributed by atoms with Gasteiger partial charge in [0.2, 0.25) is 0 Å². The van der Waals surface area contributed by atoms with E-state index in [-0.39, 0.29) is 4.90 Å². The second-order valence-corrected chi connectivity index (χ2v) is 7.64. The van der Waals surface area contributed by atoms with Crippen LogP contribution in [0.3, 0.4) is 0 Å². The number of anilines is 1. The number of nitrogens with one attached hydrogen (secondary N) is 1. The summed E-state index contributed by atoms with van der Waals surface area (Å²) in [5, 5.41) is 0. The molecule has 24 heavy (non-hydrogen) atoms. The predicted octanol–water partition coefficient (Wildman–Crippen LogP) is 2.81. The molecule has 1 aromatic carbocycles. The Morgan fingerprint density at radius 2 is 1.75 bits per heavy atom. The summed E-state index contributed by atoms with van der Waals surface area (Å²) >= 11 is 0. The first kappa shape index (κ1) is 15.6. The van der Waals surface area contributed by atoms with Gasteiger partial charge in [0.25, 0.3) is 10.0 Å². The number of pyridine rings is 1. The van der Waals surface area contributed by atoms with Crippen molar-refractivity contribution in [3.05, 3.63) is 53.9 Å². The highest BCUT2D eigenvalue weighted by atomic mass is 32.2. The summed E-state index contributed by atoms with van der Waals surface area (Å²) < 4.78 is 38.7. The topological polar surface area (TPSA) is 77.5 Å². The normalized spacial score (nSPS) is 18.7. The Hall–Kier alpha value is -1.96. The quantitative estimate of drug-likeness (QED) is 0.901. The van der Waals surface area contributed by atoms with E-state index in [1.165, 1.54) is 0 Å². The second-order valence-electron chi connectivity index (χ2n) is 5.96. The van der Waals surface area contributed by atoms with Gasteiger partial charge >= 0.3 is 0 Å². The molecule has 1 saturated heterocycles. The van der Waals surface area contributed by atoms with Gasteiger partial charge < -0.3 is 9.47 Å². The number of hydrogen-bond acceptors (Lipinski definition) is 5. The van der Waals surface area contributed by atoms with E-state index in [2.05, 4.69) is 9.71 Å². The number of rotatable bonds is 5. The number of aromatic nitrogens is 1. The van der Waals surface area contributed by atoms with Crippen LogP contribution in [0, 0.1) is 0 Å².